The van der Waals surface area contributed by atoms with E-state index in [0.29, 0.717) is 13.0 Å². The molecule has 0 radical (unpaired) electrons. The van der Waals surface area contributed by atoms with Crippen molar-refractivity contribution in [3.05, 3.63) is 0 Å². The first kappa shape index (κ1) is 60.4. The van der Waals surface area contributed by atoms with E-state index in [9.17, 15) is 39.8 Å². The van der Waals surface area contributed by atoms with E-state index in [4.69, 9.17) is 18.5 Å². The van der Waals surface area contributed by atoms with Crippen LogP contribution >= 0.6 is 7.82 Å². The average molecular weight is 923 g/mol. The summed E-state index contributed by atoms with van der Waals surface area (Å²) in [6, 6.07) is 0. The minimum absolute atomic E-state index is 0.0676. The third-order valence-electron chi connectivity index (χ3n) is 12.7. The lowest BCUT2D eigenvalue weighted by Gasteiger charge is -2.41. The summed E-state index contributed by atoms with van der Waals surface area (Å²) in [4.78, 5) is 23.2. The Kier molecular flexibility index (Phi) is 39.8. The maximum Gasteiger partial charge on any atom is 0.472 e. The van der Waals surface area contributed by atoms with Crippen LogP contribution in [-0.2, 0) is 27.9 Å². The summed E-state index contributed by atoms with van der Waals surface area (Å²) in [6.07, 6.45) is 33.2. The molecule has 1 aliphatic carbocycles. The molecule has 0 saturated heterocycles. The van der Waals surface area contributed by atoms with Crippen molar-refractivity contribution in [1.82, 2.24) is 0 Å². The molecular formula is C50H99O12P. The zero-order chi connectivity index (χ0) is 46.2. The number of unbranched alkanes of at least 4 members (excludes halogenated alkanes) is 34. The van der Waals surface area contributed by atoms with Crippen molar-refractivity contribution >= 4 is 13.8 Å². The molecule has 1 rings (SSSR count). The second-order valence-electron chi connectivity index (χ2n) is 18.7. The van der Waals surface area contributed by atoms with Crippen LogP contribution in [0, 0.1) is 0 Å². The fourth-order valence-electron chi connectivity index (χ4n) is 8.54. The third-order valence-corrected chi connectivity index (χ3v) is 13.7. The van der Waals surface area contributed by atoms with Gasteiger partial charge in [0.2, 0.25) is 0 Å². The molecule has 1 fully saturated rings. The van der Waals surface area contributed by atoms with Gasteiger partial charge in [-0.15, -0.1) is 0 Å². The minimum Gasteiger partial charge on any atom is -0.457 e. The maximum atomic E-state index is 12.8. The fourth-order valence-corrected chi connectivity index (χ4v) is 9.51. The van der Waals surface area contributed by atoms with Crippen molar-refractivity contribution < 1.29 is 58.3 Å². The highest BCUT2D eigenvalue weighted by molar-refractivity contribution is 7.47. The van der Waals surface area contributed by atoms with Crippen molar-refractivity contribution in [2.75, 3.05) is 19.8 Å². The number of hydrogen-bond donors (Lipinski definition) is 6. The predicted octanol–water partition coefficient (Wildman–Crippen LogP) is 11.7. The van der Waals surface area contributed by atoms with E-state index in [1.165, 1.54) is 186 Å². The van der Waals surface area contributed by atoms with Crippen LogP contribution in [0.3, 0.4) is 0 Å². The van der Waals surface area contributed by atoms with Gasteiger partial charge in [-0.2, -0.15) is 0 Å². The van der Waals surface area contributed by atoms with Gasteiger partial charge in [-0.3, -0.25) is 13.8 Å². The molecule has 0 heterocycles. The monoisotopic (exact) mass is 923 g/mol. The number of hydrogen-bond acceptors (Lipinski definition) is 11. The molecule has 6 unspecified atom stereocenters. The van der Waals surface area contributed by atoms with Crippen LogP contribution in [0.2, 0.25) is 0 Å². The molecule has 0 aromatic carbocycles. The Labute approximate surface area is 385 Å². The lowest BCUT2D eigenvalue weighted by molar-refractivity contribution is -0.220. The number of ether oxygens (including phenoxy) is 2. The van der Waals surface area contributed by atoms with Crippen LogP contribution in [0.4, 0.5) is 0 Å². The van der Waals surface area contributed by atoms with Gasteiger partial charge in [0.05, 0.1) is 13.2 Å². The quantitative estimate of drug-likeness (QED) is 0.0193. The first-order chi connectivity index (χ1) is 30.5. The number of rotatable bonds is 46. The summed E-state index contributed by atoms with van der Waals surface area (Å²) in [6.45, 7) is 4.32. The van der Waals surface area contributed by atoms with Gasteiger partial charge in [0, 0.05) is 13.0 Å². The van der Waals surface area contributed by atoms with E-state index in [0.717, 1.165) is 38.5 Å². The van der Waals surface area contributed by atoms with Crippen LogP contribution in [-0.4, -0.2) is 98.9 Å². The molecule has 1 aliphatic rings. The highest BCUT2D eigenvalue weighted by Gasteiger charge is 2.51. The Morgan fingerprint density at radius 3 is 1.10 bits per heavy atom. The maximum absolute atomic E-state index is 12.8. The molecule has 6 N–H and O–H groups in total. The Morgan fingerprint density at radius 1 is 0.444 bits per heavy atom. The largest absolute Gasteiger partial charge is 0.472 e. The van der Waals surface area contributed by atoms with Crippen LogP contribution in [0.1, 0.15) is 251 Å². The Morgan fingerprint density at radius 2 is 0.746 bits per heavy atom. The van der Waals surface area contributed by atoms with Crippen molar-refractivity contribution in [2.24, 2.45) is 0 Å². The molecule has 0 bridgehead atoms. The van der Waals surface area contributed by atoms with Gasteiger partial charge in [-0.25, -0.2) is 4.57 Å². The highest BCUT2D eigenvalue weighted by atomic mass is 31.2. The number of aliphatic hydroxyl groups is 5. The SMILES string of the molecule is CCCCCCCCCCCCCCCCCCCCCCCCC(=O)O[C@H](COCCCCCCCCCCCCCCCC)COP(=O)(O)OC1C(O)C(O)C(O)[C@@H](O)C1O. The molecule has 0 aliphatic heterocycles. The molecule has 12 nitrogen and oxygen atoms in total. The molecule has 1 saturated carbocycles. The first-order valence-electron chi connectivity index (χ1n) is 26.4. The zero-order valence-electron chi connectivity index (χ0n) is 40.4. The summed E-state index contributed by atoms with van der Waals surface area (Å²) in [5.74, 6) is -0.469. The molecule has 13 heteroatoms. The molecule has 0 aromatic heterocycles. The number of carbonyl (C=O) groups excluding carboxylic acids is 1. The van der Waals surface area contributed by atoms with E-state index in [1.807, 2.05) is 0 Å². The van der Waals surface area contributed by atoms with Gasteiger partial charge in [-0.1, -0.05) is 232 Å². The average Bonchev–Trinajstić information content (AvgIpc) is 3.27. The summed E-state index contributed by atoms with van der Waals surface area (Å²) < 4.78 is 34.3. The summed E-state index contributed by atoms with van der Waals surface area (Å²) in [5, 5.41) is 50.3. The van der Waals surface area contributed by atoms with Crippen molar-refractivity contribution in [3.8, 4) is 0 Å². The van der Waals surface area contributed by atoms with Gasteiger partial charge < -0.3 is 39.9 Å². The van der Waals surface area contributed by atoms with Crippen molar-refractivity contribution in [2.45, 2.75) is 294 Å². The fraction of sp³-hybridized carbons (Fsp3) is 0.980. The lowest BCUT2D eigenvalue weighted by atomic mass is 9.85. The Hall–Kier alpha value is -0.660. The summed E-state index contributed by atoms with van der Waals surface area (Å²) >= 11 is 0. The second-order valence-corrected chi connectivity index (χ2v) is 20.2. The molecule has 8 atom stereocenters. The van der Waals surface area contributed by atoms with E-state index >= 15 is 0 Å². The van der Waals surface area contributed by atoms with Crippen LogP contribution < -0.4 is 0 Å². The molecule has 0 spiro atoms. The van der Waals surface area contributed by atoms with Gasteiger partial charge in [0.1, 0.15) is 42.7 Å². The van der Waals surface area contributed by atoms with E-state index in [1.54, 1.807) is 0 Å². The van der Waals surface area contributed by atoms with E-state index < -0.39 is 63.1 Å². The Bertz CT molecular complexity index is 1050. The highest BCUT2D eigenvalue weighted by Crippen LogP contribution is 2.47. The van der Waals surface area contributed by atoms with Crippen molar-refractivity contribution in [3.63, 3.8) is 0 Å². The minimum atomic E-state index is -5.01. The molecule has 63 heavy (non-hydrogen) atoms. The van der Waals surface area contributed by atoms with Crippen molar-refractivity contribution in [1.29, 1.82) is 0 Å². The lowest BCUT2D eigenvalue weighted by Crippen LogP contribution is -2.64. The number of aliphatic hydroxyl groups excluding tert-OH is 5. The molecular weight excluding hydrogens is 824 g/mol. The van der Waals surface area contributed by atoms with Crippen LogP contribution in [0.5, 0.6) is 0 Å². The third kappa shape index (κ3) is 33.5. The van der Waals surface area contributed by atoms with Crippen LogP contribution in [0.15, 0.2) is 0 Å². The van der Waals surface area contributed by atoms with Gasteiger partial charge in [-0.05, 0) is 12.8 Å². The Balaban J connectivity index is 2.28. The topological polar surface area (TPSA) is 192 Å². The normalized spacial score (nSPS) is 21.7. The standard InChI is InChI=1S/C50H99O12P/c1-3-5-7-9-11-13-15-17-19-20-21-22-23-24-25-26-27-29-31-33-35-37-39-44(51)61-43(41-59-40-38-36-34-32-30-28-18-16-14-12-10-8-6-4-2)42-60-63(57,58)62-50-48(55)46(53)45(52)47(54)49(50)56/h43,45-50,52-56H,3-42H2,1-2H3,(H,57,58)/t43-,45?,46-,47?,48?,49?,50?/m1/s1. The van der Waals surface area contributed by atoms with Crippen LogP contribution in [0.25, 0.3) is 0 Å². The predicted molar refractivity (Wildman–Crippen MR) is 254 cm³/mol. The number of phosphoric acid groups is 1. The zero-order valence-corrected chi connectivity index (χ0v) is 41.3. The molecule has 376 valence electrons. The number of esters is 1. The summed E-state index contributed by atoms with van der Waals surface area (Å²) in [7, 11) is -5.01. The smallest absolute Gasteiger partial charge is 0.457 e. The molecule has 0 amide bonds. The van der Waals surface area contributed by atoms with E-state index in [2.05, 4.69) is 13.8 Å². The van der Waals surface area contributed by atoms with E-state index in [-0.39, 0.29) is 13.0 Å². The summed E-state index contributed by atoms with van der Waals surface area (Å²) in [5.41, 5.74) is 0. The van der Waals surface area contributed by atoms with Gasteiger partial charge >= 0.3 is 13.8 Å². The van der Waals surface area contributed by atoms with Gasteiger partial charge in [0.15, 0.2) is 0 Å². The molecule has 0 aromatic rings. The number of carbonyl (C=O) groups is 1. The first-order valence-corrected chi connectivity index (χ1v) is 27.9. The number of phosphoric ester groups is 1. The second kappa shape index (κ2) is 41.5. The van der Waals surface area contributed by atoms with Gasteiger partial charge in [0.25, 0.3) is 0 Å².